The summed E-state index contributed by atoms with van der Waals surface area (Å²) in [5.74, 6) is 1.32. The number of rotatable bonds is 5. The Kier molecular flexibility index (Phi) is 4.10. The van der Waals surface area contributed by atoms with Gasteiger partial charge in [0.2, 0.25) is 5.65 Å². The molecule has 0 aliphatic rings. The molecule has 4 rings (SSSR count). The zero-order chi connectivity index (χ0) is 17.9. The predicted octanol–water partition coefficient (Wildman–Crippen LogP) is 3.19. The molecule has 3 N–H and O–H groups in total. The van der Waals surface area contributed by atoms with E-state index in [2.05, 4.69) is 32.5 Å². The van der Waals surface area contributed by atoms with Gasteiger partial charge in [0.25, 0.3) is 0 Å². The Hall–Kier alpha value is -3.61. The third-order valence-electron chi connectivity index (χ3n) is 4.07. The molecule has 2 aromatic carbocycles. The molecule has 0 aliphatic carbocycles. The van der Waals surface area contributed by atoms with Crippen molar-refractivity contribution in [3.8, 4) is 22.6 Å². The SMILES string of the molecule is COc1cccc(-c2ccc(COc3c(N)cnc4n[nH]nc34)cc2)c1. The van der Waals surface area contributed by atoms with E-state index < -0.39 is 0 Å². The number of anilines is 1. The van der Waals surface area contributed by atoms with Crippen molar-refractivity contribution in [2.75, 3.05) is 12.8 Å². The predicted molar refractivity (Wildman–Crippen MR) is 98.9 cm³/mol. The monoisotopic (exact) mass is 347 g/mol. The molecule has 2 aromatic heterocycles. The molecular weight excluding hydrogens is 330 g/mol. The number of nitrogens with one attached hydrogen (secondary N) is 1. The van der Waals surface area contributed by atoms with E-state index in [0.29, 0.717) is 29.2 Å². The van der Waals surface area contributed by atoms with E-state index in [1.807, 2.05) is 36.4 Å². The number of H-pyrrole nitrogens is 1. The lowest BCUT2D eigenvalue weighted by atomic mass is 10.0. The summed E-state index contributed by atoms with van der Waals surface area (Å²) in [6, 6.07) is 16.1. The van der Waals surface area contributed by atoms with Crippen LogP contribution in [0.1, 0.15) is 5.56 Å². The number of methoxy groups -OCH3 is 1. The quantitative estimate of drug-likeness (QED) is 0.575. The second kappa shape index (κ2) is 6.72. The first-order valence-electron chi connectivity index (χ1n) is 8.06. The maximum Gasteiger partial charge on any atom is 0.205 e. The number of aromatic amines is 1. The van der Waals surface area contributed by atoms with Crippen LogP contribution in [0.5, 0.6) is 11.5 Å². The van der Waals surface area contributed by atoms with Crippen LogP contribution in [-0.4, -0.2) is 27.5 Å². The number of ether oxygens (including phenoxy) is 2. The number of nitrogen functional groups attached to an aromatic ring is 1. The highest BCUT2D eigenvalue weighted by Crippen LogP contribution is 2.29. The van der Waals surface area contributed by atoms with Crippen LogP contribution < -0.4 is 15.2 Å². The van der Waals surface area contributed by atoms with Crippen molar-refractivity contribution in [3.05, 3.63) is 60.3 Å². The summed E-state index contributed by atoms with van der Waals surface area (Å²) in [7, 11) is 1.66. The van der Waals surface area contributed by atoms with Gasteiger partial charge in [0.05, 0.1) is 19.0 Å². The highest BCUT2D eigenvalue weighted by molar-refractivity contribution is 5.82. The van der Waals surface area contributed by atoms with E-state index >= 15 is 0 Å². The zero-order valence-corrected chi connectivity index (χ0v) is 14.1. The molecule has 2 heterocycles. The van der Waals surface area contributed by atoms with Crippen LogP contribution in [0.15, 0.2) is 54.7 Å². The van der Waals surface area contributed by atoms with Crippen LogP contribution in [0.3, 0.4) is 0 Å². The molecule has 130 valence electrons. The molecule has 7 nitrogen and oxygen atoms in total. The largest absolute Gasteiger partial charge is 0.497 e. The van der Waals surface area contributed by atoms with Crippen LogP contribution >= 0.6 is 0 Å². The molecule has 4 aromatic rings. The van der Waals surface area contributed by atoms with Gasteiger partial charge < -0.3 is 15.2 Å². The number of pyridine rings is 1. The van der Waals surface area contributed by atoms with E-state index in [-0.39, 0.29) is 0 Å². The minimum atomic E-state index is 0.370. The highest BCUT2D eigenvalue weighted by atomic mass is 16.5. The van der Waals surface area contributed by atoms with Gasteiger partial charge in [-0.15, -0.1) is 5.10 Å². The first-order valence-corrected chi connectivity index (χ1v) is 8.06. The van der Waals surface area contributed by atoms with Crippen molar-refractivity contribution in [2.24, 2.45) is 0 Å². The van der Waals surface area contributed by atoms with Crippen molar-refractivity contribution in [1.29, 1.82) is 0 Å². The Bertz CT molecular complexity index is 1040. The van der Waals surface area contributed by atoms with Gasteiger partial charge in [-0.25, -0.2) is 4.98 Å². The Morgan fingerprint density at radius 3 is 2.69 bits per heavy atom. The summed E-state index contributed by atoms with van der Waals surface area (Å²) in [6.45, 7) is 0.370. The molecule has 0 saturated heterocycles. The van der Waals surface area contributed by atoms with Gasteiger partial charge in [-0.3, -0.25) is 0 Å². The highest BCUT2D eigenvalue weighted by Gasteiger charge is 2.12. The fraction of sp³-hybridized carbons (Fsp3) is 0.105. The lowest BCUT2D eigenvalue weighted by molar-refractivity contribution is 0.311. The van der Waals surface area contributed by atoms with E-state index in [9.17, 15) is 0 Å². The molecule has 0 radical (unpaired) electrons. The normalized spacial score (nSPS) is 10.8. The van der Waals surface area contributed by atoms with Crippen molar-refractivity contribution in [2.45, 2.75) is 6.61 Å². The maximum atomic E-state index is 5.96. The van der Waals surface area contributed by atoms with E-state index in [1.165, 1.54) is 6.20 Å². The third-order valence-corrected chi connectivity index (χ3v) is 4.07. The Morgan fingerprint density at radius 1 is 1.04 bits per heavy atom. The Labute approximate surface area is 149 Å². The minimum absolute atomic E-state index is 0.370. The summed E-state index contributed by atoms with van der Waals surface area (Å²) >= 11 is 0. The first-order chi connectivity index (χ1) is 12.7. The second-order valence-electron chi connectivity index (χ2n) is 5.76. The molecule has 7 heteroatoms. The fourth-order valence-electron chi connectivity index (χ4n) is 2.70. The summed E-state index contributed by atoms with van der Waals surface area (Å²) in [5, 5.41) is 10.5. The fourth-order valence-corrected chi connectivity index (χ4v) is 2.70. The molecule has 0 atom stereocenters. The summed E-state index contributed by atoms with van der Waals surface area (Å²) < 4.78 is 11.1. The van der Waals surface area contributed by atoms with Gasteiger partial charge in [0, 0.05) is 0 Å². The summed E-state index contributed by atoms with van der Waals surface area (Å²) in [6.07, 6.45) is 1.52. The maximum absolute atomic E-state index is 5.96. The number of nitrogens with two attached hydrogens (primary N) is 1. The number of aromatic nitrogens is 4. The molecule has 0 amide bonds. The number of benzene rings is 2. The molecular formula is C19H17N5O2. The molecule has 0 saturated carbocycles. The number of hydrogen-bond acceptors (Lipinski definition) is 6. The van der Waals surface area contributed by atoms with Crippen molar-refractivity contribution in [3.63, 3.8) is 0 Å². The van der Waals surface area contributed by atoms with E-state index in [4.69, 9.17) is 15.2 Å². The second-order valence-corrected chi connectivity index (χ2v) is 5.76. The van der Waals surface area contributed by atoms with Crippen molar-refractivity contribution < 1.29 is 9.47 Å². The summed E-state index contributed by atoms with van der Waals surface area (Å²) in [4.78, 5) is 4.10. The number of nitrogens with zero attached hydrogens (tertiary/aromatic N) is 3. The average Bonchev–Trinajstić information content (AvgIpc) is 3.16. The molecule has 0 fully saturated rings. The van der Waals surface area contributed by atoms with Gasteiger partial charge in [0.15, 0.2) is 11.3 Å². The number of fused-ring (bicyclic) bond motifs is 1. The third kappa shape index (κ3) is 3.02. The topological polar surface area (TPSA) is 98.9 Å². The van der Waals surface area contributed by atoms with E-state index in [0.717, 1.165) is 22.4 Å². The average molecular weight is 347 g/mol. The first kappa shape index (κ1) is 15.9. The van der Waals surface area contributed by atoms with Gasteiger partial charge in [0.1, 0.15) is 12.4 Å². The molecule has 0 unspecified atom stereocenters. The summed E-state index contributed by atoms with van der Waals surface area (Å²) in [5.41, 5.74) is 10.6. The Balaban J connectivity index is 1.52. The van der Waals surface area contributed by atoms with Crippen molar-refractivity contribution in [1.82, 2.24) is 20.4 Å². The van der Waals surface area contributed by atoms with E-state index in [1.54, 1.807) is 7.11 Å². The molecule has 0 bridgehead atoms. The van der Waals surface area contributed by atoms with Crippen LogP contribution in [0, 0.1) is 0 Å². The van der Waals surface area contributed by atoms with Crippen LogP contribution in [0.2, 0.25) is 0 Å². The van der Waals surface area contributed by atoms with Crippen molar-refractivity contribution >= 4 is 16.9 Å². The molecule has 0 spiro atoms. The molecule has 26 heavy (non-hydrogen) atoms. The standard InChI is InChI=1S/C19H17N5O2/c1-25-15-4-2-3-14(9-15)13-7-5-12(6-8-13)11-26-18-16(20)10-21-19-17(18)22-24-23-19/h2-10H,11,20H2,1H3,(H,21,22,23,24). The van der Waals surface area contributed by atoms with Gasteiger partial charge >= 0.3 is 0 Å². The van der Waals surface area contributed by atoms with Crippen LogP contribution in [-0.2, 0) is 6.61 Å². The lowest BCUT2D eigenvalue weighted by Gasteiger charge is -2.10. The van der Waals surface area contributed by atoms with Gasteiger partial charge in [-0.05, 0) is 28.8 Å². The number of hydrogen-bond donors (Lipinski definition) is 2. The lowest BCUT2D eigenvalue weighted by Crippen LogP contribution is -2.00. The molecule has 0 aliphatic heterocycles. The minimum Gasteiger partial charge on any atom is -0.497 e. The Morgan fingerprint density at radius 2 is 1.88 bits per heavy atom. The van der Waals surface area contributed by atoms with Crippen LogP contribution in [0.25, 0.3) is 22.3 Å². The van der Waals surface area contributed by atoms with Crippen LogP contribution in [0.4, 0.5) is 5.69 Å². The van der Waals surface area contributed by atoms with Gasteiger partial charge in [-0.2, -0.15) is 10.3 Å². The zero-order valence-electron chi connectivity index (χ0n) is 14.1. The van der Waals surface area contributed by atoms with Gasteiger partial charge in [-0.1, -0.05) is 36.4 Å². The smallest absolute Gasteiger partial charge is 0.205 e.